The number of nitrogens with zero attached hydrogens (tertiary/aromatic N) is 1. The first-order valence-corrected chi connectivity index (χ1v) is 11.6. The zero-order valence-electron chi connectivity index (χ0n) is 18.8. The van der Waals surface area contributed by atoms with Crippen molar-refractivity contribution in [2.45, 2.75) is 38.1 Å². The van der Waals surface area contributed by atoms with E-state index in [9.17, 15) is 13.2 Å². The third-order valence-corrected chi connectivity index (χ3v) is 6.54. The number of rotatable bonds is 6. The number of nitrogens with one attached hydrogen (secondary N) is 1. The molecular weight excluding hydrogens is 437 g/mol. The van der Waals surface area contributed by atoms with Crippen molar-refractivity contribution in [3.63, 3.8) is 0 Å². The van der Waals surface area contributed by atoms with Gasteiger partial charge in [-0.3, -0.25) is 0 Å². The van der Waals surface area contributed by atoms with E-state index in [0.29, 0.717) is 19.1 Å². The Morgan fingerprint density at radius 3 is 2.32 bits per heavy atom. The van der Waals surface area contributed by atoms with Gasteiger partial charge in [0.1, 0.15) is 12.4 Å². The molecule has 0 spiro atoms. The molecule has 1 fully saturated rings. The van der Waals surface area contributed by atoms with Crippen LogP contribution in [0.25, 0.3) is 10.9 Å². The Morgan fingerprint density at radius 2 is 1.62 bits per heavy atom. The fraction of sp³-hybridized carbons (Fsp3) is 0.286. The molecule has 3 nitrogen and oxygen atoms in total. The van der Waals surface area contributed by atoms with E-state index < -0.39 is 11.7 Å². The van der Waals surface area contributed by atoms with Gasteiger partial charge >= 0.3 is 6.18 Å². The number of alkyl halides is 3. The molecule has 0 amide bonds. The Bertz CT molecular complexity index is 1240. The third-order valence-electron chi connectivity index (χ3n) is 6.54. The van der Waals surface area contributed by atoms with Crippen LogP contribution in [0.2, 0.25) is 0 Å². The standard InChI is InChI=1S/C28H27F3N2O/c29-28(30,31)23-8-6-20(7-9-23)17-33-18-26(22-12-14-32-15-13-22)25-16-24(10-11-27(25)33)34-19-21-4-2-1-3-5-21/h1-11,16,18,22,32H,12-15,17,19H2. The smallest absolute Gasteiger partial charge is 0.416 e. The Hall–Kier alpha value is -3.25. The van der Waals surface area contributed by atoms with Gasteiger partial charge in [0.05, 0.1) is 5.56 Å². The van der Waals surface area contributed by atoms with E-state index in [1.165, 1.54) is 5.56 Å². The lowest BCUT2D eigenvalue weighted by atomic mass is 9.90. The maximum absolute atomic E-state index is 13.0. The summed E-state index contributed by atoms with van der Waals surface area (Å²) in [4.78, 5) is 0. The molecule has 0 aliphatic carbocycles. The minimum absolute atomic E-state index is 0.446. The molecule has 2 heterocycles. The van der Waals surface area contributed by atoms with Gasteiger partial charge in [-0.2, -0.15) is 13.2 Å². The van der Waals surface area contributed by atoms with E-state index in [0.717, 1.165) is 65.8 Å². The lowest BCUT2D eigenvalue weighted by Crippen LogP contribution is -2.26. The fourth-order valence-corrected chi connectivity index (χ4v) is 4.72. The van der Waals surface area contributed by atoms with Gasteiger partial charge in [0, 0.05) is 23.6 Å². The summed E-state index contributed by atoms with van der Waals surface area (Å²) in [6.45, 7) is 2.99. The van der Waals surface area contributed by atoms with Crippen LogP contribution in [0.15, 0.2) is 79.0 Å². The first-order valence-electron chi connectivity index (χ1n) is 11.6. The van der Waals surface area contributed by atoms with E-state index in [-0.39, 0.29) is 0 Å². The molecule has 4 aromatic rings. The van der Waals surface area contributed by atoms with Gasteiger partial charge in [-0.25, -0.2) is 0 Å². The van der Waals surface area contributed by atoms with Crippen LogP contribution in [-0.2, 0) is 19.3 Å². The molecule has 1 aliphatic heterocycles. The van der Waals surface area contributed by atoms with Gasteiger partial charge in [-0.1, -0.05) is 42.5 Å². The Morgan fingerprint density at radius 1 is 0.882 bits per heavy atom. The van der Waals surface area contributed by atoms with Crippen molar-refractivity contribution in [2.24, 2.45) is 0 Å². The summed E-state index contributed by atoms with van der Waals surface area (Å²) in [5, 5.41) is 4.58. The van der Waals surface area contributed by atoms with Crippen molar-refractivity contribution in [1.82, 2.24) is 9.88 Å². The van der Waals surface area contributed by atoms with Gasteiger partial charge in [-0.05, 0) is 78.9 Å². The molecule has 0 saturated carbocycles. The second-order valence-corrected chi connectivity index (χ2v) is 8.88. The summed E-state index contributed by atoms with van der Waals surface area (Å²) in [5.74, 6) is 1.26. The van der Waals surface area contributed by atoms with Crippen LogP contribution >= 0.6 is 0 Å². The second-order valence-electron chi connectivity index (χ2n) is 8.88. The normalized spacial score (nSPS) is 15.0. The molecular formula is C28H27F3N2O. The number of fused-ring (bicyclic) bond motifs is 1. The quantitative estimate of drug-likeness (QED) is 0.341. The van der Waals surface area contributed by atoms with Gasteiger partial charge in [0.15, 0.2) is 0 Å². The van der Waals surface area contributed by atoms with E-state index >= 15 is 0 Å². The molecule has 0 bridgehead atoms. The van der Waals surface area contributed by atoms with Crippen LogP contribution in [0.4, 0.5) is 13.2 Å². The maximum Gasteiger partial charge on any atom is 0.416 e. The van der Waals surface area contributed by atoms with Crippen molar-refractivity contribution in [1.29, 1.82) is 0 Å². The van der Waals surface area contributed by atoms with Crippen LogP contribution in [-0.4, -0.2) is 17.7 Å². The SMILES string of the molecule is FC(F)(F)c1ccc(Cn2cc(C3CCNCC3)c3cc(OCc4ccccc4)ccc32)cc1. The van der Waals surface area contributed by atoms with E-state index in [2.05, 4.69) is 28.2 Å². The average Bonchev–Trinajstić information content (AvgIpc) is 3.21. The van der Waals surface area contributed by atoms with Crippen molar-refractivity contribution in [3.05, 3.63) is 101 Å². The number of piperidine rings is 1. The van der Waals surface area contributed by atoms with Crippen LogP contribution in [0.1, 0.15) is 41.0 Å². The molecule has 3 aromatic carbocycles. The van der Waals surface area contributed by atoms with Gasteiger partial charge in [0.2, 0.25) is 0 Å². The molecule has 0 radical (unpaired) electrons. The summed E-state index contributed by atoms with van der Waals surface area (Å²) >= 11 is 0. The highest BCUT2D eigenvalue weighted by Gasteiger charge is 2.30. The number of hydrogen-bond acceptors (Lipinski definition) is 2. The number of benzene rings is 3. The van der Waals surface area contributed by atoms with Crippen molar-refractivity contribution in [3.8, 4) is 5.75 Å². The average molecular weight is 465 g/mol. The zero-order valence-corrected chi connectivity index (χ0v) is 18.8. The lowest BCUT2D eigenvalue weighted by Gasteiger charge is -2.22. The Balaban J connectivity index is 1.45. The number of halogens is 3. The Labute approximate surface area is 197 Å². The molecule has 1 N–H and O–H groups in total. The minimum atomic E-state index is -4.32. The highest BCUT2D eigenvalue weighted by Crippen LogP contribution is 2.36. The van der Waals surface area contributed by atoms with Crippen LogP contribution in [0.5, 0.6) is 5.75 Å². The molecule has 5 rings (SSSR count). The maximum atomic E-state index is 13.0. The molecule has 0 unspecified atom stereocenters. The van der Waals surface area contributed by atoms with Crippen LogP contribution in [0.3, 0.4) is 0 Å². The Kier molecular flexibility index (Phi) is 6.33. The molecule has 176 valence electrons. The largest absolute Gasteiger partial charge is 0.489 e. The van der Waals surface area contributed by atoms with E-state index in [1.54, 1.807) is 12.1 Å². The summed E-state index contributed by atoms with van der Waals surface area (Å²) in [5.41, 5.74) is 3.69. The third kappa shape index (κ3) is 4.97. The molecule has 6 heteroatoms. The molecule has 1 aromatic heterocycles. The lowest BCUT2D eigenvalue weighted by molar-refractivity contribution is -0.137. The highest BCUT2D eigenvalue weighted by molar-refractivity contribution is 5.86. The summed E-state index contributed by atoms with van der Waals surface area (Å²) in [6, 6.07) is 21.7. The summed E-state index contributed by atoms with van der Waals surface area (Å²) in [6.07, 6.45) is -0.0146. The first kappa shape index (κ1) is 22.5. The van der Waals surface area contributed by atoms with E-state index in [4.69, 9.17) is 4.74 Å². The molecule has 0 atom stereocenters. The summed E-state index contributed by atoms with van der Waals surface area (Å²) < 4.78 is 47.1. The van der Waals surface area contributed by atoms with Crippen molar-refractivity contribution >= 4 is 10.9 Å². The van der Waals surface area contributed by atoms with Crippen LogP contribution < -0.4 is 10.1 Å². The number of hydrogen-bond donors (Lipinski definition) is 1. The fourth-order valence-electron chi connectivity index (χ4n) is 4.72. The molecule has 1 saturated heterocycles. The van der Waals surface area contributed by atoms with Crippen molar-refractivity contribution in [2.75, 3.05) is 13.1 Å². The minimum Gasteiger partial charge on any atom is -0.489 e. The van der Waals surface area contributed by atoms with E-state index in [1.807, 2.05) is 36.4 Å². The topological polar surface area (TPSA) is 26.2 Å². The first-order chi connectivity index (χ1) is 16.5. The number of ether oxygens (including phenoxy) is 1. The second kappa shape index (κ2) is 9.55. The predicted molar refractivity (Wildman–Crippen MR) is 128 cm³/mol. The monoisotopic (exact) mass is 464 g/mol. The molecule has 34 heavy (non-hydrogen) atoms. The van der Waals surface area contributed by atoms with Crippen molar-refractivity contribution < 1.29 is 17.9 Å². The zero-order chi connectivity index (χ0) is 23.5. The highest BCUT2D eigenvalue weighted by atomic mass is 19.4. The van der Waals surface area contributed by atoms with Crippen LogP contribution in [0, 0.1) is 0 Å². The van der Waals surface area contributed by atoms with Gasteiger partial charge in [-0.15, -0.1) is 0 Å². The van der Waals surface area contributed by atoms with Gasteiger partial charge < -0.3 is 14.6 Å². The summed E-state index contributed by atoms with van der Waals surface area (Å²) in [7, 11) is 0. The molecule has 1 aliphatic rings. The van der Waals surface area contributed by atoms with Gasteiger partial charge in [0.25, 0.3) is 0 Å². The number of aromatic nitrogens is 1. The predicted octanol–water partition coefficient (Wildman–Crippen LogP) is 6.75.